The number of fused-ring (bicyclic) bond motifs is 1. The van der Waals surface area contributed by atoms with Crippen LogP contribution in [0.25, 0.3) is 33.7 Å². The number of furan rings is 1. The maximum atomic E-state index is 12.8. The maximum absolute atomic E-state index is 12.8. The van der Waals surface area contributed by atoms with Crippen molar-refractivity contribution in [2.75, 3.05) is 6.61 Å². The van der Waals surface area contributed by atoms with Gasteiger partial charge in [-0.15, -0.1) is 15.0 Å². The Morgan fingerprint density at radius 1 is 0.815 bits per heavy atom. The van der Waals surface area contributed by atoms with Crippen molar-refractivity contribution in [3.8, 4) is 22.7 Å². The highest BCUT2D eigenvalue weighted by Gasteiger charge is 2.41. The summed E-state index contributed by atoms with van der Waals surface area (Å²) in [6.45, 7) is 4.34. The number of tetrazole rings is 1. The Hall–Kier alpha value is -5.84. The van der Waals surface area contributed by atoms with Gasteiger partial charge in [0.1, 0.15) is 17.2 Å². The fourth-order valence-electron chi connectivity index (χ4n) is 7.09. The zero-order chi connectivity index (χ0) is 37.2. The van der Waals surface area contributed by atoms with Crippen LogP contribution >= 0.6 is 27.5 Å². The molecule has 0 bridgehead atoms. The highest BCUT2D eigenvalue weighted by Crippen LogP contribution is 2.43. The molecule has 0 spiro atoms. The van der Waals surface area contributed by atoms with Gasteiger partial charge in [0.15, 0.2) is 16.4 Å². The van der Waals surface area contributed by atoms with Gasteiger partial charge in [-0.25, -0.2) is 9.78 Å². The Morgan fingerprint density at radius 3 is 2.00 bits per heavy atom. The van der Waals surface area contributed by atoms with Gasteiger partial charge in [-0.3, -0.25) is 0 Å². The van der Waals surface area contributed by atoms with Crippen LogP contribution in [0.3, 0.4) is 0 Å². The van der Waals surface area contributed by atoms with E-state index >= 15 is 0 Å². The SMILES string of the molecule is CCOC(=O)c1c(Cl)nc(CC)n1Cc1ccc2oc(-c3ccccc3-c3nnn(C(c4ccccc4)(c4ccccc4)c4ccccc4)n3)c(Br)c2c1. The van der Waals surface area contributed by atoms with Crippen LogP contribution in [-0.4, -0.2) is 42.3 Å². The number of rotatable bonds is 11. The molecule has 3 heterocycles. The summed E-state index contributed by atoms with van der Waals surface area (Å²) in [5.74, 6) is 1.27. The number of ether oxygens (including phenoxy) is 1. The van der Waals surface area contributed by atoms with E-state index in [4.69, 9.17) is 36.2 Å². The summed E-state index contributed by atoms with van der Waals surface area (Å²) in [7, 11) is 0. The molecule has 11 heteroatoms. The lowest BCUT2D eigenvalue weighted by molar-refractivity contribution is 0.0514. The summed E-state index contributed by atoms with van der Waals surface area (Å²) in [6.07, 6.45) is 0.597. The van der Waals surface area contributed by atoms with Gasteiger partial charge < -0.3 is 13.7 Å². The van der Waals surface area contributed by atoms with Crippen LogP contribution in [-0.2, 0) is 23.2 Å². The molecule has 0 saturated heterocycles. The van der Waals surface area contributed by atoms with Crippen LogP contribution in [0.5, 0.6) is 0 Å². The van der Waals surface area contributed by atoms with Crippen LogP contribution in [0.2, 0.25) is 5.15 Å². The zero-order valence-corrected chi connectivity index (χ0v) is 31.8. The van der Waals surface area contributed by atoms with Crippen molar-refractivity contribution in [2.24, 2.45) is 0 Å². The smallest absolute Gasteiger partial charge is 0.358 e. The number of halogens is 2. The second-order valence-electron chi connectivity index (χ2n) is 12.7. The summed E-state index contributed by atoms with van der Waals surface area (Å²) in [5.41, 5.74) is 5.49. The minimum atomic E-state index is -0.912. The molecule has 54 heavy (non-hydrogen) atoms. The molecule has 0 amide bonds. The van der Waals surface area contributed by atoms with E-state index in [1.165, 1.54) is 0 Å². The van der Waals surface area contributed by atoms with Gasteiger partial charge in [-0.2, -0.15) is 0 Å². The van der Waals surface area contributed by atoms with Gasteiger partial charge in [0.25, 0.3) is 0 Å². The summed E-state index contributed by atoms with van der Waals surface area (Å²) in [6, 6.07) is 44.6. The molecule has 0 unspecified atom stereocenters. The van der Waals surface area contributed by atoms with Gasteiger partial charge >= 0.3 is 5.97 Å². The van der Waals surface area contributed by atoms with Crippen LogP contribution < -0.4 is 0 Å². The normalized spacial score (nSPS) is 11.6. The quantitative estimate of drug-likeness (QED) is 0.0949. The summed E-state index contributed by atoms with van der Waals surface area (Å²) in [4.78, 5) is 19.0. The van der Waals surface area contributed by atoms with Crippen molar-refractivity contribution in [1.29, 1.82) is 0 Å². The van der Waals surface area contributed by atoms with Crippen LogP contribution in [0, 0.1) is 0 Å². The standard InChI is InChI=1S/C43H34BrClN6O3/c1-3-36-46-40(45)38(42(52)53-4-2)50(36)27-28-24-25-35-34(26-28)37(44)39(54-35)32-22-14-15-23-33(32)41-47-49-51(48-41)43(29-16-8-5-9-17-29,30-18-10-6-11-19-30)31-20-12-7-13-21-31/h5-26H,3-4,27H2,1-2H3. The molecule has 0 N–H and O–H groups in total. The number of aryl methyl sites for hydroxylation is 1. The molecule has 0 aliphatic rings. The van der Waals surface area contributed by atoms with Crippen molar-refractivity contribution >= 4 is 44.5 Å². The minimum absolute atomic E-state index is 0.133. The predicted octanol–water partition coefficient (Wildman–Crippen LogP) is 9.99. The lowest BCUT2D eigenvalue weighted by atomic mass is 9.77. The molecule has 8 rings (SSSR count). The average Bonchev–Trinajstić information content (AvgIpc) is 3.92. The Labute approximate surface area is 325 Å². The fourth-order valence-corrected chi connectivity index (χ4v) is 7.98. The third kappa shape index (κ3) is 6.11. The molecule has 9 nitrogen and oxygen atoms in total. The first-order valence-corrected chi connectivity index (χ1v) is 18.8. The Balaban J connectivity index is 1.22. The summed E-state index contributed by atoms with van der Waals surface area (Å²) in [5, 5.41) is 15.6. The van der Waals surface area contributed by atoms with E-state index in [-0.39, 0.29) is 17.5 Å². The first-order chi connectivity index (χ1) is 26.4. The van der Waals surface area contributed by atoms with Crippen LogP contribution in [0.1, 0.15) is 52.4 Å². The lowest BCUT2D eigenvalue weighted by Crippen LogP contribution is -2.39. The van der Waals surface area contributed by atoms with Crippen LogP contribution in [0.15, 0.2) is 142 Å². The van der Waals surface area contributed by atoms with E-state index in [1.807, 2.05) is 109 Å². The van der Waals surface area contributed by atoms with E-state index in [0.29, 0.717) is 36.0 Å². The van der Waals surface area contributed by atoms with Crippen molar-refractivity contribution in [3.63, 3.8) is 0 Å². The molecule has 0 saturated carbocycles. The molecule has 0 atom stereocenters. The number of aromatic nitrogens is 6. The molecule has 3 aromatic heterocycles. The van der Waals surface area contributed by atoms with Crippen molar-refractivity contribution in [2.45, 2.75) is 32.4 Å². The van der Waals surface area contributed by atoms with E-state index < -0.39 is 11.5 Å². The number of imidazole rings is 1. The molecule has 268 valence electrons. The Morgan fingerprint density at radius 2 is 1.41 bits per heavy atom. The first-order valence-electron chi connectivity index (χ1n) is 17.6. The highest BCUT2D eigenvalue weighted by molar-refractivity contribution is 9.10. The zero-order valence-electron chi connectivity index (χ0n) is 29.5. The van der Waals surface area contributed by atoms with Crippen molar-refractivity contribution < 1.29 is 13.9 Å². The third-order valence-electron chi connectivity index (χ3n) is 9.52. The molecular weight excluding hydrogens is 764 g/mol. The summed E-state index contributed by atoms with van der Waals surface area (Å²) < 4.78 is 14.4. The number of hydrogen-bond acceptors (Lipinski definition) is 7. The summed E-state index contributed by atoms with van der Waals surface area (Å²) >= 11 is 10.3. The van der Waals surface area contributed by atoms with Gasteiger partial charge in [0, 0.05) is 29.5 Å². The molecule has 0 fully saturated rings. The lowest BCUT2D eigenvalue weighted by Gasteiger charge is -2.34. The number of nitrogens with zero attached hydrogens (tertiary/aromatic N) is 6. The molecular formula is C43H34BrClN6O3. The molecule has 0 aliphatic heterocycles. The first kappa shape index (κ1) is 35.2. The number of hydrogen-bond donors (Lipinski definition) is 0. The van der Waals surface area contributed by atoms with Gasteiger partial charge in [-0.1, -0.05) is 140 Å². The monoisotopic (exact) mass is 796 g/mol. The van der Waals surface area contributed by atoms with Crippen LogP contribution in [0.4, 0.5) is 0 Å². The van der Waals surface area contributed by atoms with E-state index in [2.05, 4.69) is 57.3 Å². The second kappa shape index (κ2) is 14.9. The van der Waals surface area contributed by atoms with Crippen molar-refractivity contribution in [1.82, 2.24) is 29.8 Å². The van der Waals surface area contributed by atoms with E-state index in [9.17, 15) is 4.79 Å². The van der Waals surface area contributed by atoms with E-state index in [0.717, 1.165) is 43.2 Å². The second-order valence-corrected chi connectivity index (χ2v) is 13.8. The average molecular weight is 798 g/mol. The molecule has 0 aliphatic carbocycles. The maximum Gasteiger partial charge on any atom is 0.358 e. The number of benzene rings is 5. The molecule has 0 radical (unpaired) electrons. The van der Waals surface area contributed by atoms with E-state index in [1.54, 1.807) is 11.7 Å². The minimum Gasteiger partial charge on any atom is -0.461 e. The number of carbonyl (C=O) groups is 1. The number of esters is 1. The Kier molecular flexibility index (Phi) is 9.70. The molecule has 8 aromatic rings. The van der Waals surface area contributed by atoms with Gasteiger partial charge in [-0.05, 0) is 62.5 Å². The van der Waals surface area contributed by atoms with Crippen molar-refractivity contribution in [3.05, 3.63) is 177 Å². The predicted molar refractivity (Wildman–Crippen MR) is 212 cm³/mol. The van der Waals surface area contributed by atoms with Gasteiger partial charge in [0.05, 0.1) is 11.1 Å². The third-order valence-corrected chi connectivity index (χ3v) is 10.6. The fraction of sp³-hybridized carbons (Fsp3) is 0.140. The largest absolute Gasteiger partial charge is 0.461 e. The highest BCUT2D eigenvalue weighted by atomic mass is 79.9. The van der Waals surface area contributed by atoms with Gasteiger partial charge in [0.2, 0.25) is 5.82 Å². The Bertz CT molecular complexity index is 2490. The molecule has 5 aromatic carbocycles. The number of carbonyl (C=O) groups excluding carboxylic acids is 1. The topological polar surface area (TPSA) is 101 Å².